The zero-order valence-electron chi connectivity index (χ0n) is 15.1. The molecule has 1 saturated heterocycles. The molecule has 1 aromatic heterocycles. The molecular weight excluding hydrogens is 364 g/mol. The lowest BCUT2D eigenvalue weighted by atomic mass is 9.82. The number of likely N-dealkylation sites (tertiary alicyclic amines) is 1. The Morgan fingerprint density at radius 2 is 1.96 bits per heavy atom. The molecule has 2 atom stereocenters. The SMILES string of the molecule is CC(CNC(=O)C1CCCN1C(=O)c1cccs1)(C(=O)O)c1ccccc1. The molecule has 0 radical (unpaired) electrons. The molecule has 27 heavy (non-hydrogen) atoms. The van der Waals surface area contributed by atoms with E-state index in [-0.39, 0.29) is 18.4 Å². The quantitative estimate of drug-likeness (QED) is 0.799. The van der Waals surface area contributed by atoms with E-state index in [0.717, 1.165) is 6.42 Å². The number of carboxylic acid groups (broad SMARTS) is 1. The molecular formula is C20H22N2O4S. The second kappa shape index (κ2) is 7.92. The minimum Gasteiger partial charge on any atom is -0.481 e. The largest absolute Gasteiger partial charge is 0.481 e. The van der Waals surface area contributed by atoms with Crippen LogP contribution in [0.1, 0.15) is 35.0 Å². The molecule has 2 N–H and O–H groups in total. The molecule has 142 valence electrons. The van der Waals surface area contributed by atoms with Gasteiger partial charge in [0.25, 0.3) is 5.91 Å². The van der Waals surface area contributed by atoms with E-state index in [9.17, 15) is 19.5 Å². The molecule has 1 aliphatic heterocycles. The third-order valence-corrected chi connectivity index (χ3v) is 5.91. The van der Waals surface area contributed by atoms with Gasteiger partial charge in [-0.1, -0.05) is 36.4 Å². The first kappa shape index (κ1) is 19.1. The fraction of sp³-hybridized carbons (Fsp3) is 0.350. The number of thiophene rings is 1. The van der Waals surface area contributed by atoms with E-state index in [4.69, 9.17) is 0 Å². The summed E-state index contributed by atoms with van der Waals surface area (Å²) in [5, 5.41) is 14.3. The Labute approximate surface area is 161 Å². The van der Waals surface area contributed by atoms with Crippen molar-refractivity contribution in [3.8, 4) is 0 Å². The Kier molecular flexibility index (Phi) is 5.60. The molecule has 0 spiro atoms. The number of nitrogens with zero attached hydrogens (tertiary/aromatic N) is 1. The highest BCUT2D eigenvalue weighted by molar-refractivity contribution is 7.12. The highest BCUT2D eigenvalue weighted by atomic mass is 32.1. The van der Waals surface area contributed by atoms with Gasteiger partial charge in [-0.3, -0.25) is 14.4 Å². The van der Waals surface area contributed by atoms with Crippen LogP contribution in [0.25, 0.3) is 0 Å². The molecule has 0 bridgehead atoms. The van der Waals surface area contributed by atoms with Crippen molar-refractivity contribution in [1.82, 2.24) is 10.2 Å². The number of carbonyl (C=O) groups is 3. The van der Waals surface area contributed by atoms with Gasteiger partial charge >= 0.3 is 5.97 Å². The number of carbonyl (C=O) groups excluding carboxylic acids is 2. The molecule has 3 rings (SSSR count). The summed E-state index contributed by atoms with van der Waals surface area (Å²) < 4.78 is 0. The summed E-state index contributed by atoms with van der Waals surface area (Å²) in [4.78, 5) is 39.4. The van der Waals surface area contributed by atoms with Crippen molar-refractivity contribution in [2.24, 2.45) is 0 Å². The topological polar surface area (TPSA) is 86.7 Å². The molecule has 1 fully saturated rings. The van der Waals surface area contributed by atoms with Crippen LogP contribution in [0, 0.1) is 0 Å². The predicted molar refractivity (Wildman–Crippen MR) is 103 cm³/mol. The number of nitrogens with one attached hydrogen (secondary N) is 1. The van der Waals surface area contributed by atoms with Crippen LogP contribution in [0.15, 0.2) is 47.8 Å². The third kappa shape index (κ3) is 3.88. The zero-order chi connectivity index (χ0) is 19.4. The summed E-state index contributed by atoms with van der Waals surface area (Å²) >= 11 is 1.35. The van der Waals surface area contributed by atoms with Crippen LogP contribution in [-0.2, 0) is 15.0 Å². The van der Waals surface area contributed by atoms with E-state index >= 15 is 0 Å². The maximum absolute atomic E-state index is 12.7. The van der Waals surface area contributed by atoms with Gasteiger partial charge in [0, 0.05) is 13.1 Å². The molecule has 2 unspecified atom stereocenters. The monoisotopic (exact) mass is 386 g/mol. The van der Waals surface area contributed by atoms with Crippen LogP contribution in [0.2, 0.25) is 0 Å². The van der Waals surface area contributed by atoms with Gasteiger partial charge in [0.15, 0.2) is 0 Å². The smallest absolute Gasteiger partial charge is 0.315 e. The van der Waals surface area contributed by atoms with Crippen molar-refractivity contribution in [3.63, 3.8) is 0 Å². The molecule has 2 amide bonds. The van der Waals surface area contributed by atoms with Crippen LogP contribution in [0.4, 0.5) is 0 Å². The minimum atomic E-state index is -1.24. The average molecular weight is 386 g/mol. The van der Waals surface area contributed by atoms with E-state index in [1.165, 1.54) is 11.3 Å². The first-order valence-corrected chi connectivity index (χ1v) is 9.72. The van der Waals surface area contributed by atoms with Crippen LogP contribution in [0.5, 0.6) is 0 Å². The van der Waals surface area contributed by atoms with E-state index < -0.39 is 17.4 Å². The number of amides is 2. The molecule has 7 heteroatoms. The van der Waals surface area contributed by atoms with Gasteiger partial charge in [-0.2, -0.15) is 0 Å². The Hall–Kier alpha value is -2.67. The fourth-order valence-electron chi connectivity index (χ4n) is 3.31. The van der Waals surface area contributed by atoms with E-state index in [0.29, 0.717) is 23.4 Å². The normalized spacial score (nSPS) is 18.7. The second-order valence-corrected chi connectivity index (χ2v) is 7.80. The summed E-state index contributed by atoms with van der Waals surface area (Å²) in [7, 11) is 0. The average Bonchev–Trinajstić information content (AvgIpc) is 3.37. The first-order valence-electron chi connectivity index (χ1n) is 8.84. The van der Waals surface area contributed by atoms with Crippen LogP contribution in [0.3, 0.4) is 0 Å². The fourth-order valence-corrected chi connectivity index (χ4v) is 3.99. The van der Waals surface area contributed by atoms with Gasteiger partial charge in [0.2, 0.25) is 5.91 Å². The van der Waals surface area contributed by atoms with Gasteiger partial charge in [-0.05, 0) is 36.8 Å². The molecule has 1 aromatic carbocycles. The number of carboxylic acids is 1. The van der Waals surface area contributed by atoms with E-state index in [1.807, 2.05) is 11.4 Å². The maximum Gasteiger partial charge on any atom is 0.315 e. The maximum atomic E-state index is 12.7. The standard InChI is InChI=1S/C20H22N2O4S/c1-20(19(25)26,14-7-3-2-4-8-14)13-21-17(23)15-9-5-11-22(15)18(24)16-10-6-12-27-16/h2-4,6-8,10,12,15H,5,9,11,13H2,1H3,(H,21,23)(H,25,26). The third-order valence-electron chi connectivity index (χ3n) is 5.05. The lowest BCUT2D eigenvalue weighted by molar-refractivity contribution is -0.143. The molecule has 0 saturated carbocycles. The van der Waals surface area contributed by atoms with Crippen LogP contribution in [-0.4, -0.2) is 46.9 Å². The van der Waals surface area contributed by atoms with Gasteiger partial charge in [-0.15, -0.1) is 11.3 Å². The van der Waals surface area contributed by atoms with Crippen molar-refractivity contribution in [2.45, 2.75) is 31.2 Å². The molecule has 2 aromatic rings. The van der Waals surface area contributed by atoms with Crippen molar-refractivity contribution < 1.29 is 19.5 Å². The van der Waals surface area contributed by atoms with Crippen LogP contribution < -0.4 is 5.32 Å². The van der Waals surface area contributed by atoms with Crippen molar-refractivity contribution in [2.75, 3.05) is 13.1 Å². The lowest BCUT2D eigenvalue weighted by Gasteiger charge is -2.28. The second-order valence-electron chi connectivity index (χ2n) is 6.85. The minimum absolute atomic E-state index is 0.0390. The molecule has 1 aliphatic rings. The van der Waals surface area contributed by atoms with Crippen molar-refractivity contribution in [1.29, 1.82) is 0 Å². The summed E-state index contributed by atoms with van der Waals surface area (Å²) in [5.74, 6) is -1.46. The Morgan fingerprint density at radius 3 is 2.59 bits per heavy atom. The van der Waals surface area contributed by atoms with Crippen molar-refractivity contribution >= 4 is 29.1 Å². The number of hydrogen-bond donors (Lipinski definition) is 2. The summed E-state index contributed by atoms with van der Waals surface area (Å²) in [5.41, 5.74) is -0.617. The van der Waals surface area contributed by atoms with E-state index in [2.05, 4.69) is 5.32 Å². The van der Waals surface area contributed by atoms with Crippen LogP contribution >= 0.6 is 11.3 Å². The van der Waals surface area contributed by atoms with Gasteiger partial charge in [-0.25, -0.2) is 0 Å². The highest BCUT2D eigenvalue weighted by Crippen LogP contribution is 2.25. The number of rotatable bonds is 6. The Balaban J connectivity index is 1.70. The van der Waals surface area contributed by atoms with Gasteiger partial charge in [0.05, 0.1) is 4.88 Å². The van der Waals surface area contributed by atoms with Crippen molar-refractivity contribution in [3.05, 3.63) is 58.3 Å². The summed E-state index contributed by atoms with van der Waals surface area (Å²) in [6.45, 7) is 2.08. The number of aliphatic carboxylic acids is 1. The Morgan fingerprint density at radius 1 is 1.22 bits per heavy atom. The number of hydrogen-bond acceptors (Lipinski definition) is 4. The molecule has 0 aliphatic carbocycles. The van der Waals surface area contributed by atoms with E-state index in [1.54, 1.807) is 48.2 Å². The predicted octanol–water partition coefficient (Wildman–Crippen LogP) is 2.51. The summed E-state index contributed by atoms with van der Waals surface area (Å²) in [6.07, 6.45) is 1.34. The lowest BCUT2D eigenvalue weighted by Crippen LogP contribution is -2.50. The summed E-state index contributed by atoms with van der Waals surface area (Å²) in [6, 6.07) is 11.8. The molecule has 2 heterocycles. The highest BCUT2D eigenvalue weighted by Gasteiger charge is 2.39. The first-order chi connectivity index (χ1) is 12.9. The number of benzene rings is 1. The Bertz CT molecular complexity index is 822. The zero-order valence-corrected chi connectivity index (χ0v) is 15.9. The van der Waals surface area contributed by atoms with Gasteiger partial charge in [0.1, 0.15) is 11.5 Å². The van der Waals surface area contributed by atoms with Gasteiger partial charge < -0.3 is 15.3 Å². The molecule has 6 nitrogen and oxygen atoms in total.